The number of fused-ring (bicyclic) bond motifs is 1. The zero-order chi connectivity index (χ0) is 23.5. The minimum Gasteiger partial charge on any atom is -0.493 e. The molecule has 172 valence electrons. The highest BCUT2D eigenvalue weighted by molar-refractivity contribution is 5.82. The van der Waals surface area contributed by atoms with Gasteiger partial charge in [-0.05, 0) is 54.7 Å². The summed E-state index contributed by atoms with van der Waals surface area (Å²) in [5.41, 5.74) is -0.931. The maximum absolute atomic E-state index is 12.9. The number of aliphatic hydroxyl groups is 1. The molecule has 0 saturated carbocycles. The summed E-state index contributed by atoms with van der Waals surface area (Å²) in [5.74, 6) is 0.348. The van der Waals surface area contributed by atoms with Crippen molar-refractivity contribution >= 4 is 16.9 Å². The molecule has 1 aromatic carbocycles. The minimum absolute atomic E-state index is 0.0537. The highest BCUT2D eigenvalue weighted by Crippen LogP contribution is 2.30. The molecule has 2 rings (SSSR count). The van der Waals surface area contributed by atoms with Crippen LogP contribution >= 0.6 is 0 Å². The van der Waals surface area contributed by atoms with Crippen molar-refractivity contribution in [3.05, 3.63) is 28.3 Å². The second kappa shape index (κ2) is 9.65. The molecule has 9 heteroatoms. The fraction of sp³-hybridized carbons (Fsp3) is 0.591. The summed E-state index contributed by atoms with van der Waals surface area (Å²) in [6, 6.07) is 3.37. The van der Waals surface area contributed by atoms with E-state index in [1.165, 1.54) is 13.2 Å². The maximum Gasteiger partial charge on any atom is 0.338 e. The third-order valence-electron chi connectivity index (χ3n) is 4.87. The molecular formula is C22H33N3O6. The first-order valence-electron chi connectivity index (χ1n) is 10.2. The number of methoxy groups -OCH3 is 1. The average Bonchev–Trinajstić information content (AvgIpc) is 2.67. The number of nitrogens with zero attached hydrogens (tertiary/aromatic N) is 3. The molecule has 0 fully saturated rings. The Hall–Kier alpha value is -2.65. The van der Waals surface area contributed by atoms with Gasteiger partial charge in [-0.25, -0.2) is 9.78 Å². The Labute approximate surface area is 182 Å². The summed E-state index contributed by atoms with van der Waals surface area (Å²) in [6.45, 7) is 11.3. The lowest BCUT2D eigenvalue weighted by atomic mass is 9.98. The molecule has 0 bridgehead atoms. The van der Waals surface area contributed by atoms with Gasteiger partial charge in [0.2, 0.25) is 0 Å². The second-order valence-corrected chi connectivity index (χ2v) is 8.91. The SMILES string of the molecule is COc1cc2c(=O)n(OC(=O)C(C)(C)C)c(C)nc2cc1OCC(O)CN(C)C(C)C. The van der Waals surface area contributed by atoms with Crippen molar-refractivity contribution in [3.63, 3.8) is 0 Å². The number of likely N-dealkylation sites (N-methyl/N-ethyl adjacent to an activating group) is 1. The number of rotatable bonds is 8. The van der Waals surface area contributed by atoms with Crippen LogP contribution in [0.15, 0.2) is 16.9 Å². The van der Waals surface area contributed by atoms with Crippen molar-refractivity contribution in [2.45, 2.75) is 53.7 Å². The molecule has 31 heavy (non-hydrogen) atoms. The molecule has 2 aromatic rings. The van der Waals surface area contributed by atoms with Gasteiger partial charge in [0, 0.05) is 18.7 Å². The number of aryl methyl sites for hydroxylation is 1. The van der Waals surface area contributed by atoms with Gasteiger partial charge < -0.3 is 24.3 Å². The van der Waals surface area contributed by atoms with Crippen LogP contribution in [0, 0.1) is 12.3 Å². The Morgan fingerprint density at radius 1 is 1.26 bits per heavy atom. The number of hydrogen-bond acceptors (Lipinski definition) is 8. The van der Waals surface area contributed by atoms with Crippen LogP contribution in [0.2, 0.25) is 0 Å². The molecular weight excluding hydrogens is 402 g/mol. The van der Waals surface area contributed by atoms with Crippen molar-refractivity contribution in [1.29, 1.82) is 0 Å². The highest BCUT2D eigenvalue weighted by atomic mass is 16.7. The fourth-order valence-electron chi connectivity index (χ4n) is 2.67. The minimum atomic E-state index is -0.777. The van der Waals surface area contributed by atoms with E-state index < -0.39 is 23.0 Å². The lowest BCUT2D eigenvalue weighted by molar-refractivity contribution is -0.154. The first-order chi connectivity index (χ1) is 14.3. The van der Waals surface area contributed by atoms with Gasteiger partial charge in [-0.15, -0.1) is 4.73 Å². The Morgan fingerprint density at radius 3 is 2.45 bits per heavy atom. The van der Waals surface area contributed by atoms with Crippen LogP contribution in [0.3, 0.4) is 0 Å². The van der Waals surface area contributed by atoms with Crippen molar-refractivity contribution in [2.75, 3.05) is 27.3 Å². The monoisotopic (exact) mass is 435 g/mol. The van der Waals surface area contributed by atoms with Gasteiger partial charge in [0.1, 0.15) is 18.5 Å². The van der Waals surface area contributed by atoms with Gasteiger partial charge in [0.25, 0.3) is 5.56 Å². The van der Waals surface area contributed by atoms with Gasteiger partial charge >= 0.3 is 5.97 Å². The first-order valence-corrected chi connectivity index (χ1v) is 10.2. The fourth-order valence-corrected chi connectivity index (χ4v) is 2.67. The summed E-state index contributed by atoms with van der Waals surface area (Å²) in [5, 5.41) is 10.5. The summed E-state index contributed by atoms with van der Waals surface area (Å²) in [7, 11) is 3.38. The number of carbonyl (C=O) groups excluding carboxylic acids is 1. The van der Waals surface area contributed by atoms with Crippen LogP contribution in [0.5, 0.6) is 11.5 Å². The van der Waals surface area contributed by atoms with E-state index in [1.54, 1.807) is 33.8 Å². The van der Waals surface area contributed by atoms with Gasteiger partial charge in [-0.2, -0.15) is 0 Å². The van der Waals surface area contributed by atoms with Crippen LogP contribution in [0.25, 0.3) is 10.9 Å². The van der Waals surface area contributed by atoms with E-state index in [0.29, 0.717) is 29.6 Å². The normalized spacial score (nSPS) is 13.0. The van der Waals surface area contributed by atoms with Crippen LogP contribution < -0.4 is 19.9 Å². The zero-order valence-electron chi connectivity index (χ0n) is 19.6. The number of hydrogen-bond donors (Lipinski definition) is 1. The van der Waals surface area contributed by atoms with Crippen LogP contribution in [-0.4, -0.2) is 65.1 Å². The molecule has 1 N–H and O–H groups in total. The molecule has 0 amide bonds. The van der Waals surface area contributed by atoms with Gasteiger partial charge in [0.05, 0.1) is 23.4 Å². The highest BCUT2D eigenvalue weighted by Gasteiger charge is 2.26. The van der Waals surface area contributed by atoms with E-state index >= 15 is 0 Å². The predicted octanol–water partition coefficient (Wildman–Crippen LogP) is 1.79. The maximum atomic E-state index is 12.9. The molecule has 0 spiro atoms. The zero-order valence-corrected chi connectivity index (χ0v) is 19.6. The van der Waals surface area contributed by atoms with E-state index in [-0.39, 0.29) is 17.8 Å². The van der Waals surface area contributed by atoms with E-state index in [0.717, 1.165) is 4.73 Å². The Balaban J connectivity index is 2.35. The molecule has 0 aliphatic carbocycles. The number of aliphatic hydroxyl groups excluding tert-OH is 1. The molecule has 1 unspecified atom stereocenters. The molecule has 9 nitrogen and oxygen atoms in total. The van der Waals surface area contributed by atoms with Crippen molar-refractivity contribution in [2.24, 2.45) is 5.41 Å². The smallest absolute Gasteiger partial charge is 0.338 e. The predicted molar refractivity (Wildman–Crippen MR) is 118 cm³/mol. The first kappa shape index (κ1) is 24.6. The summed E-state index contributed by atoms with van der Waals surface area (Å²) < 4.78 is 12.0. The number of benzene rings is 1. The van der Waals surface area contributed by atoms with Gasteiger partial charge in [-0.1, -0.05) is 0 Å². The average molecular weight is 436 g/mol. The van der Waals surface area contributed by atoms with Gasteiger partial charge in [-0.3, -0.25) is 4.79 Å². The van der Waals surface area contributed by atoms with Crippen molar-refractivity contribution in [3.8, 4) is 11.5 Å². The third kappa shape index (κ3) is 5.95. The van der Waals surface area contributed by atoms with E-state index in [2.05, 4.69) is 4.98 Å². The standard InChI is InChI=1S/C22H33N3O6/c1-13(2)24(7)11-15(26)12-30-19-10-17-16(9-18(19)29-8)20(27)25(14(3)23-17)31-21(28)22(4,5)6/h9-10,13,15,26H,11-12H2,1-8H3. The van der Waals surface area contributed by atoms with Crippen molar-refractivity contribution < 1.29 is 24.2 Å². The Bertz CT molecular complexity index is 993. The molecule has 0 radical (unpaired) electrons. The molecule has 0 aliphatic heterocycles. The second-order valence-electron chi connectivity index (χ2n) is 8.91. The summed E-state index contributed by atoms with van der Waals surface area (Å²) >= 11 is 0. The lowest BCUT2D eigenvalue weighted by Crippen LogP contribution is -2.38. The molecule has 0 saturated heterocycles. The largest absolute Gasteiger partial charge is 0.493 e. The molecule has 1 atom stereocenters. The molecule has 0 aliphatic rings. The Morgan fingerprint density at radius 2 is 1.90 bits per heavy atom. The molecule has 1 heterocycles. The van der Waals surface area contributed by atoms with Crippen LogP contribution in [-0.2, 0) is 4.79 Å². The topological polar surface area (TPSA) is 103 Å². The molecule has 1 aromatic heterocycles. The lowest BCUT2D eigenvalue weighted by Gasteiger charge is -2.24. The van der Waals surface area contributed by atoms with Gasteiger partial charge in [0.15, 0.2) is 11.5 Å². The van der Waals surface area contributed by atoms with Crippen molar-refractivity contribution in [1.82, 2.24) is 14.6 Å². The number of carbonyl (C=O) groups is 1. The summed E-state index contributed by atoms with van der Waals surface area (Å²) in [6.07, 6.45) is -0.702. The van der Waals surface area contributed by atoms with E-state index in [4.69, 9.17) is 14.3 Å². The van der Waals surface area contributed by atoms with Crippen LogP contribution in [0.1, 0.15) is 40.4 Å². The van der Waals surface area contributed by atoms with Crippen LogP contribution in [0.4, 0.5) is 0 Å². The quantitative estimate of drug-likeness (QED) is 0.670. The van der Waals surface area contributed by atoms with E-state index in [1.807, 2.05) is 25.8 Å². The van der Waals surface area contributed by atoms with E-state index in [9.17, 15) is 14.7 Å². The third-order valence-corrected chi connectivity index (χ3v) is 4.87. The number of ether oxygens (including phenoxy) is 2. The number of aromatic nitrogens is 2. The summed E-state index contributed by atoms with van der Waals surface area (Å²) in [4.78, 5) is 36.9. The Kier molecular flexibility index (Phi) is 7.67.